The summed E-state index contributed by atoms with van der Waals surface area (Å²) >= 11 is 1.70. The molecule has 0 radical (unpaired) electrons. The summed E-state index contributed by atoms with van der Waals surface area (Å²) in [4.78, 5) is 31.4. The number of benzene rings is 1. The Balaban J connectivity index is 1.22. The van der Waals surface area contributed by atoms with E-state index in [-0.39, 0.29) is 37.1 Å². The Morgan fingerprint density at radius 3 is 2.90 bits per heavy atom. The van der Waals surface area contributed by atoms with Crippen LogP contribution in [0.15, 0.2) is 40.2 Å². The molecule has 0 bridgehead atoms. The molecular formula is C20H18FN3O4S. The number of carbonyl (C=O) groups excluding carboxylic acids is 2. The van der Waals surface area contributed by atoms with E-state index < -0.39 is 5.97 Å². The lowest BCUT2D eigenvalue weighted by Crippen LogP contribution is -2.38. The van der Waals surface area contributed by atoms with E-state index in [1.54, 1.807) is 28.4 Å². The van der Waals surface area contributed by atoms with Crippen LogP contribution >= 0.6 is 11.3 Å². The third-order valence-corrected chi connectivity index (χ3v) is 5.65. The van der Waals surface area contributed by atoms with Gasteiger partial charge in [-0.1, -0.05) is 5.16 Å². The number of halogens is 1. The Morgan fingerprint density at radius 1 is 1.24 bits per heavy atom. The van der Waals surface area contributed by atoms with Gasteiger partial charge in [-0.15, -0.1) is 11.3 Å². The third kappa shape index (κ3) is 4.68. The first-order valence-electron chi connectivity index (χ1n) is 9.15. The van der Waals surface area contributed by atoms with Gasteiger partial charge in [0.2, 0.25) is 11.7 Å². The van der Waals surface area contributed by atoms with Gasteiger partial charge in [0.25, 0.3) is 5.91 Å². The Labute approximate surface area is 170 Å². The minimum Gasteiger partial charge on any atom is -0.456 e. The van der Waals surface area contributed by atoms with Crippen molar-refractivity contribution in [3.05, 3.63) is 57.9 Å². The maximum Gasteiger partial charge on any atom is 0.306 e. The highest BCUT2D eigenvalue weighted by molar-refractivity contribution is 7.10. The number of carbonyl (C=O) groups is 2. The summed E-state index contributed by atoms with van der Waals surface area (Å²) < 4.78 is 23.2. The van der Waals surface area contributed by atoms with Crippen LogP contribution in [0.2, 0.25) is 0 Å². The topological polar surface area (TPSA) is 85.5 Å². The third-order valence-electron chi connectivity index (χ3n) is 4.63. The normalized spacial score (nSPS) is 13.2. The smallest absolute Gasteiger partial charge is 0.306 e. The van der Waals surface area contributed by atoms with Gasteiger partial charge in [0.05, 0.1) is 6.42 Å². The number of hydrogen-bond acceptors (Lipinski definition) is 7. The van der Waals surface area contributed by atoms with Crippen LogP contribution in [0.25, 0.3) is 11.4 Å². The van der Waals surface area contributed by atoms with E-state index in [0.29, 0.717) is 24.5 Å². The van der Waals surface area contributed by atoms with Gasteiger partial charge in [0.1, 0.15) is 5.82 Å². The average Bonchev–Trinajstić information content (AvgIpc) is 3.40. The van der Waals surface area contributed by atoms with E-state index in [1.165, 1.54) is 17.0 Å². The molecule has 150 valence electrons. The first kappa shape index (κ1) is 19.3. The zero-order valence-corrected chi connectivity index (χ0v) is 16.3. The molecule has 2 aromatic heterocycles. The van der Waals surface area contributed by atoms with Crippen molar-refractivity contribution in [2.24, 2.45) is 0 Å². The van der Waals surface area contributed by atoms with Crippen LogP contribution in [0, 0.1) is 5.82 Å². The van der Waals surface area contributed by atoms with Crippen molar-refractivity contribution in [2.75, 3.05) is 13.2 Å². The summed E-state index contributed by atoms with van der Waals surface area (Å²) in [6.45, 7) is 0.921. The summed E-state index contributed by atoms with van der Waals surface area (Å²) in [7, 11) is 0. The molecule has 0 saturated carbocycles. The van der Waals surface area contributed by atoms with E-state index in [4.69, 9.17) is 9.26 Å². The average molecular weight is 415 g/mol. The van der Waals surface area contributed by atoms with Crippen molar-refractivity contribution in [3.8, 4) is 11.4 Å². The molecule has 0 aliphatic carbocycles. The van der Waals surface area contributed by atoms with Gasteiger partial charge in [0, 0.05) is 30.0 Å². The molecule has 29 heavy (non-hydrogen) atoms. The zero-order valence-electron chi connectivity index (χ0n) is 15.5. The second-order valence-corrected chi connectivity index (χ2v) is 7.61. The van der Waals surface area contributed by atoms with E-state index >= 15 is 0 Å². The van der Waals surface area contributed by atoms with Crippen LogP contribution in [0.5, 0.6) is 0 Å². The molecule has 1 amide bonds. The highest BCUT2D eigenvalue weighted by Gasteiger charge is 2.22. The number of amides is 1. The van der Waals surface area contributed by atoms with E-state index in [2.05, 4.69) is 10.1 Å². The first-order valence-corrected chi connectivity index (χ1v) is 10.0. The second-order valence-electron chi connectivity index (χ2n) is 6.61. The van der Waals surface area contributed by atoms with Crippen molar-refractivity contribution in [3.63, 3.8) is 0 Å². The number of rotatable bonds is 6. The number of aromatic nitrogens is 2. The van der Waals surface area contributed by atoms with Gasteiger partial charge in [-0.05, 0) is 47.7 Å². The maximum atomic E-state index is 13.0. The molecule has 7 nitrogen and oxygen atoms in total. The van der Waals surface area contributed by atoms with Crippen molar-refractivity contribution in [1.29, 1.82) is 0 Å². The molecule has 1 aliphatic heterocycles. The van der Waals surface area contributed by atoms with Crippen LogP contribution in [-0.4, -0.2) is 40.1 Å². The molecule has 0 spiro atoms. The summed E-state index contributed by atoms with van der Waals surface area (Å²) in [6, 6.07) is 7.73. The number of nitrogens with zero attached hydrogens (tertiary/aromatic N) is 3. The minimum absolute atomic E-state index is 0.0208. The first-order chi connectivity index (χ1) is 14.1. The lowest BCUT2D eigenvalue weighted by atomic mass is 10.1. The summed E-state index contributed by atoms with van der Waals surface area (Å²) in [5.41, 5.74) is 1.78. The number of ether oxygens (including phenoxy) is 1. The Morgan fingerprint density at radius 2 is 2.07 bits per heavy atom. The number of hydrogen-bond donors (Lipinski definition) is 0. The largest absolute Gasteiger partial charge is 0.456 e. The molecule has 1 aromatic carbocycles. The Bertz CT molecular complexity index is 1010. The molecular weight excluding hydrogens is 397 g/mol. The highest BCUT2D eigenvalue weighted by Crippen LogP contribution is 2.24. The van der Waals surface area contributed by atoms with E-state index in [1.807, 2.05) is 11.4 Å². The van der Waals surface area contributed by atoms with Gasteiger partial charge >= 0.3 is 5.97 Å². The summed E-state index contributed by atoms with van der Waals surface area (Å²) in [6.07, 6.45) is 1.05. The molecule has 1 aliphatic rings. The predicted molar refractivity (Wildman–Crippen MR) is 102 cm³/mol. The van der Waals surface area contributed by atoms with Crippen LogP contribution < -0.4 is 0 Å². The molecule has 0 unspecified atom stereocenters. The molecule has 3 heterocycles. The highest BCUT2D eigenvalue weighted by atomic mass is 32.1. The van der Waals surface area contributed by atoms with Crippen LogP contribution in [0.3, 0.4) is 0 Å². The monoisotopic (exact) mass is 415 g/mol. The maximum absolute atomic E-state index is 13.0. The number of fused-ring (bicyclic) bond motifs is 1. The SMILES string of the molecule is O=C(CCc1nc(-c2ccc(F)cc2)no1)OCC(=O)N1CCc2sccc2C1. The fourth-order valence-corrected chi connectivity index (χ4v) is 3.94. The van der Waals surface area contributed by atoms with E-state index in [9.17, 15) is 14.0 Å². The lowest BCUT2D eigenvalue weighted by Gasteiger charge is -2.26. The Hall–Kier alpha value is -3.07. The minimum atomic E-state index is -0.506. The number of esters is 1. The molecule has 0 atom stereocenters. The quantitative estimate of drug-likeness (QED) is 0.576. The molecule has 3 aromatic rings. The lowest BCUT2D eigenvalue weighted by molar-refractivity contribution is -0.152. The van der Waals surface area contributed by atoms with Crippen LogP contribution in [0.1, 0.15) is 22.8 Å². The molecule has 0 N–H and O–H groups in total. The van der Waals surface area contributed by atoms with Gasteiger partial charge in [-0.3, -0.25) is 9.59 Å². The molecule has 0 saturated heterocycles. The molecule has 0 fully saturated rings. The second kappa shape index (κ2) is 8.52. The van der Waals surface area contributed by atoms with Gasteiger partial charge < -0.3 is 14.2 Å². The van der Waals surface area contributed by atoms with Crippen LogP contribution in [0.4, 0.5) is 4.39 Å². The predicted octanol–water partition coefficient (Wildman–Crippen LogP) is 3.00. The number of thiophene rings is 1. The Kier molecular flexibility index (Phi) is 5.66. The van der Waals surface area contributed by atoms with Crippen molar-refractivity contribution in [2.45, 2.75) is 25.8 Å². The van der Waals surface area contributed by atoms with Crippen LogP contribution in [-0.2, 0) is 33.7 Å². The zero-order chi connectivity index (χ0) is 20.2. The van der Waals surface area contributed by atoms with Crippen molar-refractivity contribution < 1.29 is 23.2 Å². The molecule has 9 heteroatoms. The molecule has 4 rings (SSSR count). The standard InChI is InChI=1S/C20H18FN3O4S/c21-15-3-1-13(2-4-15)20-22-17(28-23-20)5-6-19(26)27-12-18(25)24-9-7-16-14(11-24)8-10-29-16/h1-4,8,10H,5-7,9,11-12H2. The summed E-state index contributed by atoms with van der Waals surface area (Å²) in [5.74, 6) is -0.468. The number of aryl methyl sites for hydroxylation is 1. The van der Waals surface area contributed by atoms with Crippen molar-refractivity contribution in [1.82, 2.24) is 15.0 Å². The van der Waals surface area contributed by atoms with Crippen molar-refractivity contribution >= 4 is 23.2 Å². The van der Waals surface area contributed by atoms with E-state index in [0.717, 1.165) is 12.0 Å². The van der Waals surface area contributed by atoms with Gasteiger partial charge in [-0.2, -0.15) is 4.98 Å². The summed E-state index contributed by atoms with van der Waals surface area (Å²) in [5, 5.41) is 5.85. The van der Waals surface area contributed by atoms with Gasteiger partial charge in [0.15, 0.2) is 6.61 Å². The fourth-order valence-electron chi connectivity index (χ4n) is 3.05. The fraction of sp³-hybridized carbons (Fsp3) is 0.300. The van der Waals surface area contributed by atoms with Gasteiger partial charge in [-0.25, -0.2) is 4.39 Å².